The largest absolute Gasteiger partial charge is 0.506 e. The number of aryl methyl sites for hydroxylation is 1. The zero-order valence-electron chi connectivity index (χ0n) is 17.9. The Bertz CT molecular complexity index is 1020. The van der Waals surface area contributed by atoms with E-state index in [0.29, 0.717) is 19.4 Å². The van der Waals surface area contributed by atoms with Gasteiger partial charge in [0.25, 0.3) is 0 Å². The Balaban J connectivity index is 1.11. The molecule has 6 rings (SSSR count). The Morgan fingerprint density at radius 1 is 1.12 bits per heavy atom. The summed E-state index contributed by atoms with van der Waals surface area (Å²) in [5, 5.41) is 26.0. The van der Waals surface area contributed by atoms with Crippen molar-refractivity contribution in [3.05, 3.63) is 35.8 Å². The number of carbonyl (C=O) groups is 1. The summed E-state index contributed by atoms with van der Waals surface area (Å²) in [5.41, 5.74) is 0.874. The van der Waals surface area contributed by atoms with Gasteiger partial charge in [-0.2, -0.15) is 8.42 Å². The van der Waals surface area contributed by atoms with Crippen LogP contribution in [0.5, 0.6) is 5.75 Å². The Labute approximate surface area is 188 Å². The van der Waals surface area contributed by atoms with Gasteiger partial charge >= 0.3 is 16.2 Å². The molecule has 174 valence electrons. The van der Waals surface area contributed by atoms with Crippen LogP contribution in [0.1, 0.15) is 50.5 Å². The summed E-state index contributed by atoms with van der Waals surface area (Å²) in [6.07, 6.45) is 9.68. The molecule has 4 bridgehead atoms. The molecular weight excluding hydrogens is 432 g/mol. The van der Waals surface area contributed by atoms with Crippen molar-refractivity contribution in [1.82, 2.24) is 15.4 Å². The molecule has 0 spiro atoms. The van der Waals surface area contributed by atoms with E-state index in [4.69, 9.17) is 0 Å². The number of nitrogens with one attached hydrogen (secondary N) is 3. The summed E-state index contributed by atoms with van der Waals surface area (Å²) < 4.78 is 26.6. The monoisotopic (exact) mass is 462 g/mol. The molecule has 5 aliphatic rings. The van der Waals surface area contributed by atoms with Crippen molar-refractivity contribution >= 4 is 21.9 Å². The Morgan fingerprint density at radius 2 is 1.78 bits per heavy atom. The molecule has 0 saturated heterocycles. The van der Waals surface area contributed by atoms with E-state index in [1.165, 1.54) is 31.4 Å². The first-order chi connectivity index (χ1) is 15.2. The van der Waals surface area contributed by atoms with Gasteiger partial charge in [-0.05, 0) is 86.8 Å². The van der Waals surface area contributed by atoms with E-state index in [0.717, 1.165) is 53.1 Å². The molecule has 0 radical (unpaired) electrons. The zero-order valence-corrected chi connectivity index (χ0v) is 18.7. The van der Waals surface area contributed by atoms with Crippen molar-refractivity contribution in [2.24, 2.45) is 17.8 Å². The minimum Gasteiger partial charge on any atom is -0.506 e. The predicted octanol–water partition coefficient (Wildman–Crippen LogP) is 2.60. The molecule has 4 aliphatic carbocycles. The van der Waals surface area contributed by atoms with Crippen LogP contribution < -0.4 is 19.7 Å². The van der Waals surface area contributed by atoms with E-state index < -0.39 is 16.1 Å². The minimum absolute atomic E-state index is 0.00585. The van der Waals surface area contributed by atoms with Crippen LogP contribution in [-0.2, 0) is 16.6 Å². The van der Waals surface area contributed by atoms with Gasteiger partial charge in [0, 0.05) is 12.1 Å². The lowest BCUT2D eigenvalue weighted by molar-refractivity contribution is -0.0135. The molecule has 1 aromatic rings. The number of aromatic hydroxyl groups is 1. The van der Waals surface area contributed by atoms with Gasteiger partial charge < -0.3 is 20.8 Å². The quantitative estimate of drug-likeness (QED) is 0.415. The fourth-order valence-corrected chi connectivity index (χ4v) is 7.61. The van der Waals surface area contributed by atoms with Gasteiger partial charge in [-0.15, -0.1) is 0 Å². The number of amides is 2. The highest BCUT2D eigenvalue weighted by Gasteiger charge is 2.51. The highest BCUT2D eigenvalue weighted by molar-refractivity contribution is 7.91. The van der Waals surface area contributed by atoms with Gasteiger partial charge in [0.15, 0.2) is 0 Å². The van der Waals surface area contributed by atoms with Crippen molar-refractivity contribution in [2.75, 3.05) is 10.8 Å². The molecule has 1 aromatic carbocycles. The number of phenols is 1. The molecule has 1 aliphatic heterocycles. The van der Waals surface area contributed by atoms with Crippen molar-refractivity contribution in [1.29, 1.82) is 0 Å². The molecule has 0 unspecified atom stereocenters. The van der Waals surface area contributed by atoms with Crippen LogP contribution >= 0.6 is 0 Å². The number of aliphatic hydroxyl groups is 1. The fourth-order valence-electron chi connectivity index (χ4n) is 6.54. The number of phenolic OH excluding ortho intramolecular Hbond substituents is 1. The van der Waals surface area contributed by atoms with E-state index in [1.54, 1.807) is 6.07 Å². The van der Waals surface area contributed by atoms with Crippen molar-refractivity contribution in [2.45, 2.75) is 56.9 Å². The number of aliphatic hydroxyl groups excluding tert-OH is 1. The molecular formula is C22H30N4O5S. The number of hydrogen-bond acceptors (Lipinski definition) is 5. The normalized spacial score (nSPS) is 31.8. The summed E-state index contributed by atoms with van der Waals surface area (Å²) in [6.45, 7) is 0.516. The topological polar surface area (TPSA) is 131 Å². The van der Waals surface area contributed by atoms with Crippen LogP contribution in [0.15, 0.2) is 30.3 Å². The third-order valence-corrected chi connectivity index (χ3v) is 8.64. The smallest absolute Gasteiger partial charge is 0.330 e. The summed E-state index contributed by atoms with van der Waals surface area (Å²) in [4.78, 5) is 12.5. The number of rotatable bonds is 6. The molecule has 5 N–H and O–H groups in total. The Hall–Kier alpha value is -2.62. The molecule has 2 amide bonds. The summed E-state index contributed by atoms with van der Waals surface area (Å²) >= 11 is 0. The maximum atomic E-state index is 12.5. The first-order valence-electron chi connectivity index (χ1n) is 11.3. The highest BCUT2D eigenvalue weighted by Crippen LogP contribution is 2.55. The van der Waals surface area contributed by atoms with Crippen LogP contribution in [0, 0.1) is 17.8 Å². The van der Waals surface area contributed by atoms with Crippen molar-refractivity contribution in [3.63, 3.8) is 0 Å². The first kappa shape index (κ1) is 21.2. The van der Waals surface area contributed by atoms with Gasteiger partial charge in [-0.3, -0.25) is 0 Å². The minimum atomic E-state index is -3.95. The lowest BCUT2D eigenvalue weighted by Crippen LogP contribution is -2.61. The van der Waals surface area contributed by atoms with Gasteiger partial charge in [-0.25, -0.2) is 13.8 Å². The van der Waals surface area contributed by atoms with Crippen molar-refractivity contribution < 1.29 is 23.4 Å². The molecule has 0 aromatic heterocycles. The van der Waals surface area contributed by atoms with Crippen molar-refractivity contribution in [3.8, 4) is 5.75 Å². The fraction of sp³-hybridized carbons (Fsp3) is 0.591. The zero-order chi connectivity index (χ0) is 22.5. The van der Waals surface area contributed by atoms with Gasteiger partial charge in [0.05, 0.1) is 6.20 Å². The number of urea groups is 1. The maximum absolute atomic E-state index is 12.5. The number of nitrogens with zero attached hydrogens (tertiary/aromatic N) is 1. The van der Waals surface area contributed by atoms with E-state index in [-0.39, 0.29) is 23.0 Å². The van der Waals surface area contributed by atoms with E-state index >= 15 is 0 Å². The average Bonchev–Trinajstić information content (AvgIpc) is 2.95. The molecule has 4 saturated carbocycles. The first-order valence-corrected chi connectivity index (χ1v) is 12.8. The third kappa shape index (κ3) is 4.07. The molecule has 1 heterocycles. The van der Waals surface area contributed by atoms with Gasteiger partial charge in [-0.1, -0.05) is 6.07 Å². The number of hydrogen-bond donors (Lipinski definition) is 5. The lowest BCUT2D eigenvalue weighted by Gasteiger charge is -2.56. The second kappa shape index (κ2) is 7.75. The average molecular weight is 463 g/mol. The second-order valence-electron chi connectivity index (χ2n) is 9.92. The standard InChI is InChI=1S/C22H30N4O5S/c27-19-9-14(3-4-18(19)26-13-20(28)25-32(26,30)31)2-1-5-23-21(29)24-22-10-15-6-16(11-22)8-17(7-15)12-22/h3-4,9,13,15-17,25,27-28H,1-2,5-8,10-12H2,(H2,23,24,29). The van der Waals surface area contributed by atoms with Gasteiger partial charge in [0.1, 0.15) is 11.4 Å². The number of benzene rings is 1. The second-order valence-corrected chi connectivity index (χ2v) is 11.5. The van der Waals surface area contributed by atoms with Crippen LogP contribution in [0.3, 0.4) is 0 Å². The molecule has 10 heteroatoms. The molecule has 9 nitrogen and oxygen atoms in total. The molecule has 0 atom stereocenters. The molecule has 4 fully saturated rings. The number of carbonyl (C=O) groups excluding carboxylic acids is 1. The van der Waals surface area contributed by atoms with Crippen LogP contribution in [0.2, 0.25) is 0 Å². The lowest BCUT2D eigenvalue weighted by atomic mass is 9.53. The highest BCUT2D eigenvalue weighted by atomic mass is 32.2. The van der Waals surface area contributed by atoms with E-state index in [1.807, 2.05) is 4.72 Å². The molecule has 32 heavy (non-hydrogen) atoms. The predicted molar refractivity (Wildman–Crippen MR) is 119 cm³/mol. The Kier molecular flexibility index (Phi) is 5.15. The summed E-state index contributed by atoms with van der Waals surface area (Å²) in [7, 11) is -3.95. The number of anilines is 1. The van der Waals surface area contributed by atoms with E-state index in [9.17, 15) is 23.4 Å². The SMILES string of the molecule is O=C(NCCCc1ccc(N2C=C(O)NS2(=O)=O)c(O)c1)NC12CC3CC(CC(C3)C1)C2. The van der Waals surface area contributed by atoms with E-state index in [2.05, 4.69) is 10.6 Å². The summed E-state index contributed by atoms with van der Waals surface area (Å²) in [5.74, 6) is 1.63. The Morgan fingerprint density at radius 3 is 2.34 bits per heavy atom. The van der Waals surface area contributed by atoms with Gasteiger partial charge in [0.2, 0.25) is 5.88 Å². The third-order valence-electron chi connectivity index (χ3n) is 7.35. The van der Waals surface area contributed by atoms with Crippen LogP contribution in [-0.4, -0.2) is 36.7 Å². The van der Waals surface area contributed by atoms with Crippen LogP contribution in [0.25, 0.3) is 0 Å². The summed E-state index contributed by atoms with van der Waals surface area (Å²) in [6, 6.07) is 4.63. The maximum Gasteiger partial charge on any atom is 0.330 e. The van der Waals surface area contributed by atoms with Crippen LogP contribution in [0.4, 0.5) is 10.5 Å².